The van der Waals surface area contributed by atoms with E-state index in [1.165, 1.54) is 5.56 Å². The predicted octanol–water partition coefficient (Wildman–Crippen LogP) is 1.48. The highest BCUT2D eigenvalue weighted by atomic mass is 16.1. The number of nitrogens with one attached hydrogen (secondary N) is 2. The van der Waals surface area contributed by atoms with Crippen LogP contribution in [0.4, 0.5) is 5.69 Å². The van der Waals surface area contributed by atoms with Crippen LogP contribution >= 0.6 is 0 Å². The van der Waals surface area contributed by atoms with Crippen LogP contribution in [0.1, 0.15) is 35.1 Å². The van der Waals surface area contributed by atoms with Crippen molar-refractivity contribution in [3.8, 4) is 0 Å². The smallest absolute Gasteiger partial charge is 0.267 e. The number of aromatic amines is 1. The van der Waals surface area contributed by atoms with Crippen molar-refractivity contribution < 1.29 is 4.79 Å². The summed E-state index contributed by atoms with van der Waals surface area (Å²) in [4.78, 5) is 12.1. The first-order valence-corrected chi connectivity index (χ1v) is 6.84. The molecule has 2 aromatic rings. The molecule has 0 atom stereocenters. The van der Waals surface area contributed by atoms with E-state index < -0.39 is 0 Å². The van der Waals surface area contributed by atoms with E-state index in [4.69, 9.17) is 5.73 Å². The van der Waals surface area contributed by atoms with Gasteiger partial charge in [-0.25, -0.2) is 0 Å². The van der Waals surface area contributed by atoms with Crippen molar-refractivity contribution in [2.24, 2.45) is 0 Å². The average molecular weight is 275 g/mol. The Morgan fingerprint density at radius 3 is 3.00 bits per heavy atom. The number of H-pyrrole nitrogens is 1. The summed E-state index contributed by atoms with van der Waals surface area (Å²) in [5.41, 5.74) is 9.23. The maximum atomic E-state index is 12.1. The Balaban J connectivity index is 1.82. The Kier molecular flexibility index (Phi) is 4.45. The molecule has 0 spiro atoms. The summed E-state index contributed by atoms with van der Waals surface area (Å²) in [7, 11) is 0. The minimum Gasteiger partial charge on any atom is -0.397 e. The number of aryl methyl sites for hydroxylation is 3. The maximum absolute atomic E-state index is 12.1. The molecule has 2 aromatic heterocycles. The van der Waals surface area contributed by atoms with Crippen LogP contribution in [-0.2, 0) is 13.0 Å². The van der Waals surface area contributed by atoms with Crippen LogP contribution in [0.25, 0.3) is 0 Å². The largest absolute Gasteiger partial charge is 0.397 e. The second-order valence-electron chi connectivity index (χ2n) is 4.82. The predicted molar refractivity (Wildman–Crippen MR) is 78.5 cm³/mol. The van der Waals surface area contributed by atoms with Gasteiger partial charge in [0.25, 0.3) is 5.91 Å². The quantitative estimate of drug-likeness (QED) is 0.698. The van der Waals surface area contributed by atoms with Gasteiger partial charge in [-0.15, -0.1) is 0 Å². The lowest BCUT2D eigenvalue weighted by atomic mass is 10.1. The number of carbonyl (C=O) groups excluding carboxylic acids is 1. The lowest BCUT2D eigenvalue weighted by molar-refractivity contribution is 0.0944. The van der Waals surface area contributed by atoms with Crippen LogP contribution in [0.5, 0.6) is 0 Å². The first kappa shape index (κ1) is 14.2. The summed E-state index contributed by atoms with van der Waals surface area (Å²) >= 11 is 0. The van der Waals surface area contributed by atoms with E-state index in [9.17, 15) is 4.79 Å². The number of hydrogen-bond donors (Lipinski definition) is 3. The molecule has 6 nitrogen and oxygen atoms in total. The molecule has 2 heterocycles. The Morgan fingerprint density at radius 2 is 2.35 bits per heavy atom. The molecule has 0 bridgehead atoms. The molecule has 1 amide bonds. The molecule has 0 saturated heterocycles. The molecule has 0 aromatic carbocycles. The van der Waals surface area contributed by atoms with Crippen LogP contribution < -0.4 is 11.1 Å². The topological polar surface area (TPSA) is 88.7 Å². The minimum atomic E-state index is -0.0764. The zero-order valence-corrected chi connectivity index (χ0v) is 11.9. The van der Waals surface area contributed by atoms with Crippen molar-refractivity contribution in [1.29, 1.82) is 0 Å². The monoisotopic (exact) mass is 275 g/mol. The second kappa shape index (κ2) is 6.27. The van der Waals surface area contributed by atoms with Crippen molar-refractivity contribution in [3.05, 3.63) is 35.4 Å². The van der Waals surface area contributed by atoms with Crippen LogP contribution in [0, 0.1) is 6.92 Å². The molecule has 0 fully saturated rings. The van der Waals surface area contributed by atoms with E-state index in [0.717, 1.165) is 25.1 Å². The maximum Gasteiger partial charge on any atom is 0.267 e. The van der Waals surface area contributed by atoms with E-state index in [1.54, 1.807) is 12.3 Å². The number of nitrogens with two attached hydrogens (primary N) is 1. The summed E-state index contributed by atoms with van der Waals surface area (Å²) in [6.45, 7) is 5.35. The van der Waals surface area contributed by atoms with E-state index >= 15 is 0 Å². The van der Waals surface area contributed by atoms with Crippen molar-refractivity contribution in [1.82, 2.24) is 20.1 Å². The fraction of sp³-hybridized carbons (Fsp3) is 0.429. The Bertz CT molecular complexity index is 584. The molecule has 0 unspecified atom stereocenters. The van der Waals surface area contributed by atoms with Gasteiger partial charge in [-0.1, -0.05) is 0 Å². The van der Waals surface area contributed by atoms with Crippen molar-refractivity contribution in [2.75, 3.05) is 12.3 Å². The molecule has 0 aliphatic rings. The third-order valence-electron chi connectivity index (χ3n) is 3.33. The van der Waals surface area contributed by atoms with Gasteiger partial charge in [0.1, 0.15) is 5.69 Å². The van der Waals surface area contributed by atoms with Gasteiger partial charge in [0.2, 0.25) is 0 Å². The van der Waals surface area contributed by atoms with Gasteiger partial charge in [0, 0.05) is 25.0 Å². The standard InChI is InChI=1S/C14H21N5O/c1-3-19-9-12(15)7-13(19)14(20)16-6-4-5-11-8-17-18-10(11)2/h7-9H,3-6,15H2,1-2H3,(H,16,20)(H,17,18). The highest BCUT2D eigenvalue weighted by molar-refractivity contribution is 5.93. The Hall–Kier alpha value is -2.24. The minimum absolute atomic E-state index is 0.0764. The van der Waals surface area contributed by atoms with E-state index in [0.29, 0.717) is 17.9 Å². The van der Waals surface area contributed by atoms with Crippen molar-refractivity contribution in [3.63, 3.8) is 0 Å². The van der Waals surface area contributed by atoms with Crippen molar-refractivity contribution >= 4 is 11.6 Å². The zero-order chi connectivity index (χ0) is 14.5. The molecule has 6 heteroatoms. The first-order valence-electron chi connectivity index (χ1n) is 6.84. The first-order chi connectivity index (χ1) is 9.61. The molecular weight excluding hydrogens is 254 g/mol. The van der Waals surface area contributed by atoms with Gasteiger partial charge in [0.05, 0.1) is 11.9 Å². The molecule has 108 valence electrons. The summed E-state index contributed by atoms with van der Waals surface area (Å²) in [6, 6.07) is 1.71. The van der Waals surface area contributed by atoms with Crippen LogP contribution in [0.15, 0.2) is 18.5 Å². The normalized spacial score (nSPS) is 10.7. The van der Waals surface area contributed by atoms with Gasteiger partial charge in [0.15, 0.2) is 0 Å². The second-order valence-corrected chi connectivity index (χ2v) is 4.82. The van der Waals surface area contributed by atoms with Crippen LogP contribution in [0.3, 0.4) is 0 Å². The van der Waals surface area contributed by atoms with E-state index in [1.807, 2.05) is 24.6 Å². The highest BCUT2D eigenvalue weighted by Gasteiger charge is 2.11. The third kappa shape index (κ3) is 3.20. The van der Waals surface area contributed by atoms with Gasteiger partial charge in [-0.05, 0) is 38.3 Å². The van der Waals surface area contributed by atoms with Gasteiger partial charge in [-0.2, -0.15) is 5.10 Å². The number of hydrogen-bond acceptors (Lipinski definition) is 3. The fourth-order valence-electron chi connectivity index (χ4n) is 2.18. The summed E-state index contributed by atoms with van der Waals surface area (Å²) < 4.78 is 1.85. The number of aromatic nitrogens is 3. The van der Waals surface area contributed by atoms with Crippen LogP contribution in [-0.4, -0.2) is 27.2 Å². The van der Waals surface area contributed by atoms with E-state index in [-0.39, 0.29) is 5.91 Å². The third-order valence-corrected chi connectivity index (χ3v) is 3.33. The molecule has 2 rings (SSSR count). The number of rotatable bonds is 6. The Labute approximate surface area is 118 Å². The summed E-state index contributed by atoms with van der Waals surface area (Å²) in [5.74, 6) is -0.0764. The molecule has 0 aliphatic carbocycles. The number of nitrogen functional groups attached to an aromatic ring is 1. The molecule has 4 N–H and O–H groups in total. The SMILES string of the molecule is CCn1cc(N)cc1C(=O)NCCCc1cn[nH]c1C. The fourth-order valence-corrected chi connectivity index (χ4v) is 2.18. The Morgan fingerprint density at radius 1 is 1.55 bits per heavy atom. The highest BCUT2D eigenvalue weighted by Crippen LogP contribution is 2.10. The van der Waals surface area contributed by atoms with Gasteiger partial charge >= 0.3 is 0 Å². The molecule has 0 aliphatic heterocycles. The zero-order valence-electron chi connectivity index (χ0n) is 11.9. The van der Waals surface area contributed by atoms with E-state index in [2.05, 4.69) is 15.5 Å². The van der Waals surface area contributed by atoms with Crippen molar-refractivity contribution in [2.45, 2.75) is 33.2 Å². The van der Waals surface area contributed by atoms with Gasteiger partial charge in [-0.3, -0.25) is 9.89 Å². The molecule has 0 saturated carbocycles. The lowest BCUT2D eigenvalue weighted by Gasteiger charge is -2.07. The lowest BCUT2D eigenvalue weighted by Crippen LogP contribution is -2.26. The summed E-state index contributed by atoms with van der Waals surface area (Å²) in [5, 5.41) is 9.81. The average Bonchev–Trinajstić information content (AvgIpc) is 3.00. The molecule has 0 radical (unpaired) electrons. The number of carbonyl (C=O) groups is 1. The number of nitrogens with zero attached hydrogens (tertiary/aromatic N) is 2. The summed E-state index contributed by atoms with van der Waals surface area (Å²) in [6.07, 6.45) is 5.40. The molecular formula is C14H21N5O. The number of anilines is 1. The van der Waals surface area contributed by atoms with Gasteiger partial charge < -0.3 is 15.6 Å². The van der Waals surface area contributed by atoms with Crippen LogP contribution in [0.2, 0.25) is 0 Å². The molecule has 20 heavy (non-hydrogen) atoms. The number of amides is 1.